The van der Waals surface area contributed by atoms with Gasteiger partial charge in [0.2, 0.25) is 5.95 Å². The molecule has 7 heteroatoms. The van der Waals surface area contributed by atoms with Gasteiger partial charge in [0.1, 0.15) is 0 Å². The number of aliphatic imine (C=N–C) groups is 1. The van der Waals surface area contributed by atoms with Crippen molar-refractivity contribution < 1.29 is 0 Å². The molecule has 0 bridgehead atoms. The molecule has 1 aromatic heterocycles. The Morgan fingerprint density at radius 3 is 2.72 bits per heavy atom. The number of hydrogen-bond donors (Lipinski definition) is 2. The molecule has 2 fully saturated rings. The Morgan fingerprint density at radius 2 is 2.08 bits per heavy atom. The molecular formula is C18H33N7. The van der Waals surface area contributed by atoms with Gasteiger partial charge in [0.05, 0.1) is 18.4 Å². The highest BCUT2D eigenvalue weighted by Crippen LogP contribution is 2.26. The van der Waals surface area contributed by atoms with Crippen molar-refractivity contribution in [2.24, 2.45) is 12.0 Å². The van der Waals surface area contributed by atoms with Crippen molar-refractivity contribution in [3.8, 4) is 0 Å². The van der Waals surface area contributed by atoms with E-state index in [0.29, 0.717) is 6.04 Å². The molecule has 2 N–H and O–H groups in total. The summed E-state index contributed by atoms with van der Waals surface area (Å²) in [6.07, 6.45) is 8.70. The molecule has 1 unspecified atom stereocenters. The zero-order chi connectivity index (χ0) is 17.8. The lowest BCUT2D eigenvalue weighted by atomic mass is 10.2. The highest BCUT2D eigenvalue weighted by molar-refractivity contribution is 5.80. The van der Waals surface area contributed by atoms with Gasteiger partial charge in [-0.3, -0.25) is 9.89 Å². The molecule has 1 atom stereocenters. The fourth-order valence-corrected chi connectivity index (χ4v) is 4.08. The maximum absolute atomic E-state index is 4.46. The summed E-state index contributed by atoms with van der Waals surface area (Å²) in [7, 11) is 7.91. The molecule has 1 aliphatic carbocycles. The van der Waals surface area contributed by atoms with Crippen molar-refractivity contribution in [2.45, 2.75) is 50.7 Å². The third-order valence-electron chi connectivity index (χ3n) is 5.52. The van der Waals surface area contributed by atoms with Gasteiger partial charge in [-0.05, 0) is 19.3 Å². The third-order valence-corrected chi connectivity index (χ3v) is 5.52. The first kappa shape index (κ1) is 18.0. The molecule has 2 aliphatic rings. The lowest BCUT2D eigenvalue weighted by molar-refractivity contribution is 0.242. The fraction of sp³-hybridized carbons (Fsp3) is 0.778. The van der Waals surface area contributed by atoms with Crippen LogP contribution in [-0.4, -0.2) is 66.7 Å². The minimum Gasteiger partial charge on any atom is -0.352 e. The van der Waals surface area contributed by atoms with Crippen LogP contribution in [0.5, 0.6) is 0 Å². The zero-order valence-electron chi connectivity index (χ0n) is 16.1. The number of aromatic nitrogens is 2. The van der Waals surface area contributed by atoms with E-state index in [1.165, 1.54) is 38.6 Å². The molecule has 7 nitrogen and oxygen atoms in total. The Morgan fingerprint density at radius 1 is 1.32 bits per heavy atom. The largest absolute Gasteiger partial charge is 0.352 e. The number of likely N-dealkylation sites (tertiary alicyclic amines) is 1. The Hall–Kier alpha value is -1.76. The van der Waals surface area contributed by atoms with E-state index in [2.05, 4.69) is 30.1 Å². The van der Waals surface area contributed by atoms with Gasteiger partial charge < -0.3 is 20.1 Å². The van der Waals surface area contributed by atoms with Crippen molar-refractivity contribution in [1.82, 2.24) is 25.1 Å². The van der Waals surface area contributed by atoms with Crippen LogP contribution in [0.2, 0.25) is 0 Å². The molecule has 1 saturated heterocycles. The Labute approximate surface area is 151 Å². The Balaban J connectivity index is 1.49. The highest BCUT2D eigenvalue weighted by Gasteiger charge is 2.30. The van der Waals surface area contributed by atoms with Gasteiger partial charge in [0.15, 0.2) is 5.96 Å². The van der Waals surface area contributed by atoms with Crippen molar-refractivity contribution >= 4 is 11.9 Å². The van der Waals surface area contributed by atoms with Crippen molar-refractivity contribution in [3.05, 3.63) is 11.9 Å². The number of anilines is 1. The molecule has 1 aromatic rings. The van der Waals surface area contributed by atoms with Crippen LogP contribution >= 0.6 is 0 Å². The summed E-state index contributed by atoms with van der Waals surface area (Å²) in [6, 6.07) is 1.32. The van der Waals surface area contributed by atoms with Crippen molar-refractivity contribution in [3.63, 3.8) is 0 Å². The number of hydrogen-bond acceptors (Lipinski definition) is 4. The average Bonchev–Trinajstić information content (AvgIpc) is 3.32. The van der Waals surface area contributed by atoms with Gasteiger partial charge in [-0.1, -0.05) is 12.8 Å². The van der Waals surface area contributed by atoms with Crippen LogP contribution in [0.3, 0.4) is 0 Å². The van der Waals surface area contributed by atoms with E-state index in [1.807, 2.05) is 39.3 Å². The van der Waals surface area contributed by atoms with E-state index < -0.39 is 0 Å². The second-order valence-electron chi connectivity index (χ2n) is 7.49. The van der Waals surface area contributed by atoms with E-state index >= 15 is 0 Å². The predicted molar refractivity (Wildman–Crippen MR) is 103 cm³/mol. The van der Waals surface area contributed by atoms with Crippen molar-refractivity contribution in [1.29, 1.82) is 0 Å². The second-order valence-corrected chi connectivity index (χ2v) is 7.49. The van der Waals surface area contributed by atoms with Crippen molar-refractivity contribution in [2.75, 3.05) is 39.1 Å². The minimum absolute atomic E-state index is 0.496. The molecule has 0 aromatic carbocycles. The molecule has 1 aliphatic heterocycles. The number of rotatable bonds is 5. The van der Waals surface area contributed by atoms with Crippen LogP contribution in [0.4, 0.5) is 5.95 Å². The lowest BCUT2D eigenvalue weighted by Gasteiger charge is -2.24. The Bertz CT molecular complexity index is 586. The third kappa shape index (κ3) is 4.26. The summed E-state index contributed by atoms with van der Waals surface area (Å²) in [6.45, 7) is 3.07. The smallest absolute Gasteiger partial charge is 0.204 e. The predicted octanol–water partition coefficient (Wildman–Crippen LogP) is 1.17. The maximum atomic E-state index is 4.46. The summed E-state index contributed by atoms with van der Waals surface area (Å²) < 4.78 is 2.11. The second kappa shape index (κ2) is 8.08. The molecule has 1 saturated carbocycles. The standard InChI is InChI=1S/C18H33N7/c1-19-17(20-11-16-12-21-18(23(2)3)24(16)4)22-14-9-10-25(13-14)15-7-5-6-8-15/h12,14-15H,5-11,13H2,1-4H3,(H2,19,20,22). The summed E-state index contributed by atoms with van der Waals surface area (Å²) in [5, 5.41) is 7.03. The number of imidazole rings is 1. The van der Waals surface area contributed by atoms with Gasteiger partial charge in [-0.2, -0.15) is 0 Å². The average molecular weight is 348 g/mol. The lowest BCUT2D eigenvalue weighted by Crippen LogP contribution is -2.45. The van der Waals surface area contributed by atoms with Crippen LogP contribution in [0.15, 0.2) is 11.2 Å². The van der Waals surface area contributed by atoms with E-state index in [-0.39, 0.29) is 0 Å². The first-order chi connectivity index (χ1) is 12.1. The molecule has 25 heavy (non-hydrogen) atoms. The number of guanidine groups is 1. The molecule has 3 rings (SSSR count). The highest BCUT2D eigenvalue weighted by atomic mass is 15.3. The van der Waals surface area contributed by atoms with Gasteiger partial charge in [0.25, 0.3) is 0 Å². The van der Waals surface area contributed by atoms with Crippen LogP contribution < -0.4 is 15.5 Å². The van der Waals surface area contributed by atoms with Gasteiger partial charge in [-0.25, -0.2) is 4.98 Å². The number of nitrogens with one attached hydrogen (secondary N) is 2. The topological polar surface area (TPSA) is 60.7 Å². The molecule has 0 radical (unpaired) electrons. The molecule has 0 spiro atoms. The van der Waals surface area contributed by atoms with Crippen LogP contribution in [-0.2, 0) is 13.6 Å². The zero-order valence-corrected chi connectivity index (χ0v) is 16.1. The molecule has 0 amide bonds. The first-order valence-corrected chi connectivity index (χ1v) is 9.47. The molecular weight excluding hydrogens is 314 g/mol. The monoisotopic (exact) mass is 347 g/mol. The van der Waals surface area contributed by atoms with Crippen LogP contribution in [0, 0.1) is 0 Å². The van der Waals surface area contributed by atoms with Gasteiger partial charge in [0, 0.05) is 53.4 Å². The molecule has 2 heterocycles. The SMILES string of the molecule is CN=C(NCc1cnc(N(C)C)n1C)NC1CCN(C2CCCC2)C1. The van der Waals surface area contributed by atoms with E-state index in [1.54, 1.807) is 0 Å². The van der Waals surface area contributed by atoms with E-state index in [0.717, 1.165) is 36.7 Å². The summed E-state index contributed by atoms with van der Waals surface area (Å²) in [5.41, 5.74) is 1.14. The maximum Gasteiger partial charge on any atom is 0.204 e. The Kier molecular flexibility index (Phi) is 5.83. The van der Waals surface area contributed by atoms with E-state index in [4.69, 9.17) is 0 Å². The first-order valence-electron chi connectivity index (χ1n) is 9.47. The fourth-order valence-electron chi connectivity index (χ4n) is 4.08. The molecule has 140 valence electrons. The van der Waals surface area contributed by atoms with Gasteiger partial charge >= 0.3 is 0 Å². The minimum atomic E-state index is 0.496. The quantitative estimate of drug-likeness (QED) is 0.618. The summed E-state index contributed by atoms with van der Waals surface area (Å²) in [4.78, 5) is 13.5. The summed E-state index contributed by atoms with van der Waals surface area (Å²) in [5.74, 6) is 1.84. The normalized spacial score (nSPS) is 22.6. The van der Waals surface area contributed by atoms with E-state index in [9.17, 15) is 0 Å². The van der Waals surface area contributed by atoms with Crippen LogP contribution in [0.25, 0.3) is 0 Å². The van der Waals surface area contributed by atoms with Crippen LogP contribution in [0.1, 0.15) is 37.8 Å². The number of nitrogens with zero attached hydrogens (tertiary/aromatic N) is 5. The van der Waals surface area contributed by atoms with Gasteiger partial charge in [-0.15, -0.1) is 0 Å². The summed E-state index contributed by atoms with van der Waals surface area (Å²) >= 11 is 0.